The molecule has 32 heavy (non-hydrogen) atoms. The SMILES string of the molecule is CCNC(=NCC(=O)Nc1ccc(F)c(F)c1F)NC1CCN(C(=O)C2CCCC2)C1.I. The van der Waals surface area contributed by atoms with Gasteiger partial charge in [0.25, 0.3) is 0 Å². The molecule has 1 aromatic carbocycles. The maximum absolute atomic E-state index is 13.7. The molecule has 1 unspecified atom stereocenters. The summed E-state index contributed by atoms with van der Waals surface area (Å²) in [4.78, 5) is 30.7. The van der Waals surface area contributed by atoms with E-state index in [1.807, 2.05) is 11.8 Å². The minimum atomic E-state index is -1.64. The number of rotatable bonds is 6. The molecule has 178 valence electrons. The van der Waals surface area contributed by atoms with Crippen molar-refractivity contribution in [1.29, 1.82) is 0 Å². The van der Waals surface area contributed by atoms with Crippen LogP contribution in [0, 0.1) is 23.4 Å². The van der Waals surface area contributed by atoms with Crippen molar-refractivity contribution in [2.24, 2.45) is 10.9 Å². The summed E-state index contributed by atoms with van der Waals surface area (Å²) in [6.45, 7) is 3.35. The van der Waals surface area contributed by atoms with Crippen molar-refractivity contribution in [1.82, 2.24) is 15.5 Å². The topological polar surface area (TPSA) is 85.8 Å². The van der Waals surface area contributed by atoms with Crippen LogP contribution in [0.3, 0.4) is 0 Å². The molecule has 3 rings (SSSR count). The van der Waals surface area contributed by atoms with Crippen molar-refractivity contribution in [3.05, 3.63) is 29.6 Å². The lowest BCUT2D eigenvalue weighted by atomic mass is 10.1. The molecule has 1 aliphatic carbocycles. The predicted molar refractivity (Wildman–Crippen MR) is 126 cm³/mol. The average molecular weight is 567 g/mol. The molecule has 2 aliphatic rings. The van der Waals surface area contributed by atoms with E-state index in [9.17, 15) is 22.8 Å². The number of hydrogen-bond acceptors (Lipinski definition) is 3. The van der Waals surface area contributed by atoms with E-state index in [0.717, 1.165) is 44.2 Å². The Kier molecular flexibility index (Phi) is 10.0. The second kappa shape index (κ2) is 12.3. The summed E-state index contributed by atoms with van der Waals surface area (Å²) in [6, 6.07) is 1.70. The fraction of sp³-hybridized carbons (Fsp3) is 0.571. The lowest BCUT2D eigenvalue weighted by Crippen LogP contribution is -2.45. The van der Waals surface area contributed by atoms with E-state index in [1.165, 1.54) is 0 Å². The van der Waals surface area contributed by atoms with Gasteiger partial charge in [-0.15, -0.1) is 24.0 Å². The lowest BCUT2D eigenvalue weighted by molar-refractivity contribution is -0.134. The largest absolute Gasteiger partial charge is 0.357 e. The Morgan fingerprint density at radius 3 is 2.53 bits per heavy atom. The fourth-order valence-corrected chi connectivity index (χ4v) is 3.99. The molecule has 1 saturated carbocycles. The number of carbonyl (C=O) groups excluding carboxylic acids is 2. The molecule has 2 amide bonds. The predicted octanol–water partition coefficient (Wildman–Crippen LogP) is 3.01. The van der Waals surface area contributed by atoms with E-state index in [4.69, 9.17) is 0 Å². The van der Waals surface area contributed by atoms with Crippen molar-refractivity contribution in [3.63, 3.8) is 0 Å². The van der Waals surface area contributed by atoms with Crippen LogP contribution in [0.1, 0.15) is 39.0 Å². The number of guanidine groups is 1. The second-order valence-electron chi connectivity index (χ2n) is 7.86. The molecule has 1 aliphatic heterocycles. The molecule has 0 aromatic heterocycles. The van der Waals surface area contributed by atoms with Crippen molar-refractivity contribution in [2.75, 3.05) is 31.5 Å². The van der Waals surface area contributed by atoms with Gasteiger partial charge in [-0.2, -0.15) is 0 Å². The summed E-state index contributed by atoms with van der Waals surface area (Å²) >= 11 is 0. The molecule has 0 radical (unpaired) electrons. The quantitative estimate of drug-likeness (QED) is 0.214. The Bertz CT molecular complexity index is 849. The zero-order valence-corrected chi connectivity index (χ0v) is 20.3. The first-order valence-electron chi connectivity index (χ1n) is 10.7. The Hall–Kier alpha value is -2.05. The number of nitrogens with one attached hydrogen (secondary N) is 3. The van der Waals surface area contributed by atoms with Crippen LogP contribution in [0.4, 0.5) is 18.9 Å². The minimum absolute atomic E-state index is 0. The number of amides is 2. The molecule has 1 saturated heterocycles. The van der Waals surface area contributed by atoms with Crippen LogP contribution in [-0.2, 0) is 9.59 Å². The number of carbonyl (C=O) groups is 2. The third-order valence-electron chi connectivity index (χ3n) is 5.58. The highest BCUT2D eigenvalue weighted by Gasteiger charge is 2.32. The van der Waals surface area contributed by atoms with Crippen molar-refractivity contribution >= 4 is 47.4 Å². The zero-order chi connectivity index (χ0) is 22.4. The lowest BCUT2D eigenvalue weighted by Gasteiger charge is -2.21. The van der Waals surface area contributed by atoms with Crippen molar-refractivity contribution < 1.29 is 22.8 Å². The Labute approximate surface area is 202 Å². The van der Waals surface area contributed by atoms with Crippen LogP contribution in [0.15, 0.2) is 17.1 Å². The van der Waals surface area contributed by atoms with Gasteiger partial charge in [0, 0.05) is 31.6 Å². The summed E-state index contributed by atoms with van der Waals surface area (Å²) in [5.74, 6) is -4.35. The van der Waals surface area contributed by atoms with E-state index in [-0.39, 0.29) is 48.4 Å². The third kappa shape index (κ3) is 6.72. The van der Waals surface area contributed by atoms with Gasteiger partial charge in [0.1, 0.15) is 6.54 Å². The van der Waals surface area contributed by atoms with Gasteiger partial charge in [-0.05, 0) is 38.3 Å². The van der Waals surface area contributed by atoms with Gasteiger partial charge >= 0.3 is 0 Å². The number of nitrogens with zero attached hydrogens (tertiary/aromatic N) is 2. The van der Waals surface area contributed by atoms with Crippen LogP contribution in [0.2, 0.25) is 0 Å². The fourth-order valence-electron chi connectivity index (χ4n) is 3.99. The molecule has 1 aromatic rings. The monoisotopic (exact) mass is 567 g/mol. The van der Waals surface area contributed by atoms with E-state index in [0.29, 0.717) is 25.6 Å². The first-order chi connectivity index (χ1) is 14.9. The Morgan fingerprint density at radius 2 is 1.84 bits per heavy atom. The molecule has 7 nitrogen and oxygen atoms in total. The number of halogens is 4. The van der Waals surface area contributed by atoms with Gasteiger partial charge in [0.05, 0.1) is 5.69 Å². The highest BCUT2D eigenvalue weighted by Crippen LogP contribution is 2.27. The van der Waals surface area contributed by atoms with Gasteiger partial charge in [-0.3, -0.25) is 9.59 Å². The van der Waals surface area contributed by atoms with Gasteiger partial charge in [0.15, 0.2) is 23.4 Å². The minimum Gasteiger partial charge on any atom is -0.357 e. The number of anilines is 1. The molecule has 2 fully saturated rings. The highest BCUT2D eigenvalue weighted by molar-refractivity contribution is 14.0. The smallest absolute Gasteiger partial charge is 0.246 e. The standard InChI is InChI=1S/C21H28F3N5O2.HI/c1-2-25-21(26-11-17(30)28-16-8-7-15(22)18(23)19(16)24)27-14-9-10-29(12-14)20(31)13-5-3-4-6-13;/h7-8,13-14H,2-6,9-12H2,1H3,(H,28,30)(H2,25,26,27);1H. The van der Waals surface area contributed by atoms with Crippen LogP contribution < -0.4 is 16.0 Å². The van der Waals surface area contributed by atoms with Gasteiger partial charge in [-0.25, -0.2) is 18.2 Å². The zero-order valence-electron chi connectivity index (χ0n) is 17.9. The van der Waals surface area contributed by atoms with E-state index >= 15 is 0 Å². The van der Waals surface area contributed by atoms with E-state index in [2.05, 4.69) is 20.9 Å². The summed E-state index contributed by atoms with van der Waals surface area (Å²) < 4.78 is 40.0. The van der Waals surface area contributed by atoms with Gasteiger partial charge in [0.2, 0.25) is 11.8 Å². The summed E-state index contributed by atoms with van der Waals surface area (Å²) in [5, 5.41) is 8.43. The van der Waals surface area contributed by atoms with Crippen LogP contribution in [0.25, 0.3) is 0 Å². The normalized spacial score (nSPS) is 18.9. The van der Waals surface area contributed by atoms with E-state index < -0.39 is 29.0 Å². The van der Waals surface area contributed by atoms with Gasteiger partial charge < -0.3 is 20.9 Å². The first kappa shape index (κ1) is 26.2. The molecule has 11 heteroatoms. The molecule has 0 bridgehead atoms. The summed E-state index contributed by atoms with van der Waals surface area (Å²) in [7, 11) is 0. The summed E-state index contributed by atoms with van der Waals surface area (Å²) in [5.41, 5.74) is -0.450. The van der Waals surface area contributed by atoms with Crippen LogP contribution >= 0.6 is 24.0 Å². The van der Waals surface area contributed by atoms with Crippen LogP contribution in [-0.4, -0.2) is 54.9 Å². The highest BCUT2D eigenvalue weighted by atomic mass is 127. The van der Waals surface area contributed by atoms with Crippen LogP contribution in [0.5, 0.6) is 0 Å². The summed E-state index contributed by atoms with van der Waals surface area (Å²) in [6.07, 6.45) is 4.92. The molecule has 1 heterocycles. The average Bonchev–Trinajstić information content (AvgIpc) is 3.44. The van der Waals surface area contributed by atoms with E-state index in [1.54, 1.807) is 0 Å². The molecular formula is C21H29F3IN5O2. The van der Waals surface area contributed by atoms with Crippen molar-refractivity contribution in [3.8, 4) is 0 Å². The van der Waals surface area contributed by atoms with Crippen molar-refractivity contribution in [2.45, 2.75) is 45.1 Å². The Morgan fingerprint density at radius 1 is 1.12 bits per heavy atom. The molecule has 3 N–H and O–H groups in total. The molecular weight excluding hydrogens is 538 g/mol. The molecule has 1 atom stereocenters. The Balaban J connectivity index is 0.00000363. The molecule has 0 spiro atoms. The first-order valence-corrected chi connectivity index (χ1v) is 10.7. The number of hydrogen-bond donors (Lipinski definition) is 3. The maximum atomic E-state index is 13.7. The number of likely N-dealkylation sites (tertiary alicyclic amines) is 1. The second-order valence-corrected chi connectivity index (χ2v) is 7.86. The maximum Gasteiger partial charge on any atom is 0.246 e. The number of aliphatic imine (C=N–C) groups is 1. The van der Waals surface area contributed by atoms with Gasteiger partial charge in [-0.1, -0.05) is 12.8 Å². The third-order valence-corrected chi connectivity index (χ3v) is 5.58. The number of benzene rings is 1.